The standard InChI is InChI=1S/C21H22BrN5O2/c1-13-9-10-18(14(2)11-13)27-24-15(3)20(25-27)21(29)26(4)12-19(28)23-17-8-6-5-7-16(17)22/h5-11H,12H2,1-4H3,(H,23,28). The molecule has 0 saturated heterocycles. The van der Waals surface area contributed by atoms with Crippen LogP contribution in [-0.2, 0) is 4.79 Å². The maximum absolute atomic E-state index is 12.8. The van der Waals surface area contributed by atoms with E-state index in [1.807, 2.05) is 50.2 Å². The van der Waals surface area contributed by atoms with Crippen molar-refractivity contribution in [2.45, 2.75) is 20.8 Å². The van der Waals surface area contributed by atoms with E-state index in [9.17, 15) is 9.59 Å². The SMILES string of the molecule is Cc1ccc(-n2nc(C)c(C(=O)N(C)CC(=O)Nc3ccccc3Br)n2)c(C)c1. The van der Waals surface area contributed by atoms with E-state index in [4.69, 9.17) is 0 Å². The lowest BCUT2D eigenvalue weighted by molar-refractivity contribution is -0.116. The number of halogens is 1. The number of carbonyl (C=O) groups is 2. The van der Waals surface area contributed by atoms with Crippen molar-refractivity contribution in [1.29, 1.82) is 0 Å². The van der Waals surface area contributed by atoms with Gasteiger partial charge in [-0.15, -0.1) is 5.10 Å². The molecule has 29 heavy (non-hydrogen) atoms. The summed E-state index contributed by atoms with van der Waals surface area (Å²) in [5.41, 5.74) is 4.35. The van der Waals surface area contributed by atoms with Gasteiger partial charge >= 0.3 is 0 Å². The van der Waals surface area contributed by atoms with Crippen molar-refractivity contribution >= 4 is 33.4 Å². The highest BCUT2D eigenvalue weighted by molar-refractivity contribution is 9.10. The maximum atomic E-state index is 12.8. The Kier molecular flexibility index (Phi) is 6.12. The van der Waals surface area contributed by atoms with Crippen molar-refractivity contribution < 1.29 is 9.59 Å². The van der Waals surface area contributed by atoms with Gasteiger partial charge in [0.2, 0.25) is 5.91 Å². The molecule has 7 nitrogen and oxygen atoms in total. The molecule has 2 amide bonds. The summed E-state index contributed by atoms with van der Waals surface area (Å²) < 4.78 is 0.773. The molecular formula is C21H22BrN5O2. The van der Waals surface area contributed by atoms with Gasteiger partial charge in [-0.05, 0) is 60.5 Å². The third kappa shape index (κ3) is 4.71. The smallest absolute Gasteiger partial charge is 0.276 e. The van der Waals surface area contributed by atoms with Gasteiger partial charge in [0.15, 0.2) is 5.69 Å². The number of aromatic nitrogens is 3. The van der Waals surface area contributed by atoms with Crippen molar-refractivity contribution in [3.63, 3.8) is 0 Å². The molecule has 0 fully saturated rings. The van der Waals surface area contributed by atoms with E-state index in [2.05, 4.69) is 31.4 Å². The van der Waals surface area contributed by atoms with Crippen LogP contribution in [0.1, 0.15) is 27.3 Å². The van der Waals surface area contributed by atoms with E-state index in [1.165, 1.54) is 9.70 Å². The molecule has 150 valence electrons. The number of para-hydroxylation sites is 1. The molecular weight excluding hydrogens is 434 g/mol. The molecule has 8 heteroatoms. The zero-order valence-electron chi connectivity index (χ0n) is 16.7. The molecule has 1 aromatic heterocycles. The molecule has 3 aromatic rings. The third-order valence-corrected chi connectivity index (χ3v) is 5.12. The largest absolute Gasteiger partial charge is 0.331 e. The van der Waals surface area contributed by atoms with Gasteiger partial charge in [-0.2, -0.15) is 9.90 Å². The van der Waals surface area contributed by atoms with Crippen molar-refractivity contribution in [3.8, 4) is 5.69 Å². The maximum Gasteiger partial charge on any atom is 0.276 e. The Morgan fingerprint density at radius 1 is 1.10 bits per heavy atom. The van der Waals surface area contributed by atoms with E-state index in [0.717, 1.165) is 21.3 Å². The lowest BCUT2D eigenvalue weighted by atomic mass is 10.1. The Morgan fingerprint density at radius 2 is 1.83 bits per heavy atom. The summed E-state index contributed by atoms with van der Waals surface area (Å²) in [5.74, 6) is -0.659. The molecule has 0 aliphatic heterocycles. The van der Waals surface area contributed by atoms with Gasteiger partial charge in [0.1, 0.15) is 0 Å². The summed E-state index contributed by atoms with van der Waals surface area (Å²) in [4.78, 5) is 28.0. The van der Waals surface area contributed by atoms with Crippen LogP contribution in [0.5, 0.6) is 0 Å². The van der Waals surface area contributed by atoms with Gasteiger partial charge < -0.3 is 10.2 Å². The fourth-order valence-corrected chi connectivity index (χ4v) is 3.32. The number of rotatable bonds is 5. The zero-order valence-corrected chi connectivity index (χ0v) is 18.3. The van der Waals surface area contributed by atoms with Crippen LogP contribution in [0.2, 0.25) is 0 Å². The first-order chi connectivity index (χ1) is 13.8. The van der Waals surface area contributed by atoms with Crippen LogP contribution in [0.3, 0.4) is 0 Å². The van der Waals surface area contributed by atoms with Crippen molar-refractivity contribution in [2.75, 3.05) is 18.9 Å². The first-order valence-corrected chi connectivity index (χ1v) is 9.87. The second-order valence-corrected chi connectivity index (χ2v) is 7.76. The van der Waals surface area contributed by atoms with Crippen molar-refractivity contribution in [3.05, 3.63) is 69.5 Å². The number of nitrogens with zero attached hydrogens (tertiary/aromatic N) is 4. The summed E-state index contributed by atoms with van der Waals surface area (Å²) in [7, 11) is 1.57. The predicted octanol–water partition coefficient (Wildman–Crippen LogP) is 3.67. The number of amides is 2. The normalized spacial score (nSPS) is 10.7. The zero-order chi connectivity index (χ0) is 21.1. The van der Waals surface area contributed by atoms with Gasteiger partial charge in [-0.3, -0.25) is 9.59 Å². The van der Waals surface area contributed by atoms with E-state index < -0.39 is 0 Å². The van der Waals surface area contributed by atoms with Gasteiger partial charge in [-0.25, -0.2) is 0 Å². The van der Waals surface area contributed by atoms with E-state index in [-0.39, 0.29) is 24.1 Å². The van der Waals surface area contributed by atoms with Crippen LogP contribution in [0.4, 0.5) is 5.69 Å². The minimum atomic E-state index is -0.360. The highest BCUT2D eigenvalue weighted by atomic mass is 79.9. The average Bonchev–Trinajstić information content (AvgIpc) is 3.04. The Bertz CT molecular complexity index is 1080. The minimum Gasteiger partial charge on any atom is -0.331 e. The monoisotopic (exact) mass is 455 g/mol. The van der Waals surface area contributed by atoms with E-state index in [1.54, 1.807) is 20.0 Å². The first kappa shape index (κ1) is 20.7. The highest BCUT2D eigenvalue weighted by Gasteiger charge is 2.22. The summed E-state index contributed by atoms with van der Waals surface area (Å²) in [6, 6.07) is 13.2. The molecule has 0 radical (unpaired) electrons. The summed E-state index contributed by atoms with van der Waals surface area (Å²) >= 11 is 3.39. The quantitative estimate of drug-likeness (QED) is 0.636. The number of hydrogen-bond acceptors (Lipinski definition) is 4. The van der Waals surface area contributed by atoms with Crippen LogP contribution in [-0.4, -0.2) is 45.3 Å². The molecule has 0 aliphatic rings. The van der Waals surface area contributed by atoms with Crippen LogP contribution in [0.15, 0.2) is 46.9 Å². The second kappa shape index (κ2) is 8.57. The van der Waals surface area contributed by atoms with Gasteiger partial charge in [0.25, 0.3) is 5.91 Å². The summed E-state index contributed by atoms with van der Waals surface area (Å²) in [5, 5.41) is 11.5. The van der Waals surface area contributed by atoms with Gasteiger partial charge in [0, 0.05) is 11.5 Å². The molecule has 1 heterocycles. The molecule has 0 unspecified atom stereocenters. The Labute approximate surface area is 177 Å². The highest BCUT2D eigenvalue weighted by Crippen LogP contribution is 2.21. The fourth-order valence-electron chi connectivity index (χ4n) is 2.93. The number of benzene rings is 2. The van der Waals surface area contributed by atoms with Crippen LogP contribution >= 0.6 is 15.9 Å². The molecule has 3 rings (SSSR count). The van der Waals surface area contributed by atoms with Gasteiger partial charge in [-0.1, -0.05) is 29.8 Å². The fraction of sp³-hybridized carbons (Fsp3) is 0.238. The molecule has 0 atom stereocenters. The summed E-state index contributed by atoms with van der Waals surface area (Å²) in [6.45, 7) is 5.62. The van der Waals surface area contributed by atoms with Crippen molar-refractivity contribution in [2.24, 2.45) is 0 Å². The predicted molar refractivity (Wildman–Crippen MR) is 115 cm³/mol. The van der Waals surface area contributed by atoms with E-state index >= 15 is 0 Å². The molecule has 1 N–H and O–H groups in total. The Morgan fingerprint density at radius 3 is 2.52 bits per heavy atom. The number of anilines is 1. The topological polar surface area (TPSA) is 80.1 Å². The van der Waals surface area contributed by atoms with E-state index in [0.29, 0.717) is 11.4 Å². The number of carbonyl (C=O) groups excluding carboxylic acids is 2. The molecule has 0 aliphatic carbocycles. The van der Waals surface area contributed by atoms with Crippen LogP contribution in [0, 0.1) is 20.8 Å². The Balaban J connectivity index is 1.73. The van der Waals surface area contributed by atoms with Gasteiger partial charge in [0.05, 0.1) is 23.6 Å². The minimum absolute atomic E-state index is 0.101. The molecule has 2 aromatic carbocycles. The molecule has 0 saturated carbocycles. The Hall–Kier alpha value is -3.00. The molecule has 0 bridgehead atoms. The first-order valence-electron chi connectivity index (χ1n) is 9.07. The van der Waals surface area contributed by atoms with Crippen LogP contribution in [0.25, 0.3) is 5.69 Å². The molecule has 0 spiro atoms. The number of hydrogen-bond donors (Lipinski definition) is 1. The average molecular weight is 456 g/mol. The number of nitrogens with one attached hydrogen (secondary N) is 1. The summed E-state index contributed by atoms with van der Waals surface area (Å²) in [6.07, 6.45) is 0. The lowest BCUT2D eigenvalue weighted by Gasteiger charge is -2.16. The van der Waals surface area contributed by atoms with Crippen molar-refractivity contribution in [1.82, 2.24) is 19.9 Å². The lowest BCUT2D eigenvalue weighted by Crippen LogP contribution is -2.35. The number of aryl methyl sites for hydroxylation is 3. The second-order valence-electron chi connectivity index (χ2n) is 6.90. The van der Waals surface area contributed by atoms with Crippen LogP contribution < -0.4 is 5.32 Å². The third-order valence-electron chi connectivity index (χ3n) is 4.43. The number of likely N-dealkylation sites (N-methyl/N-ethyl adjacent to an activating group) is 1.